The summed E-state index contributed by atoms with van der Waals surface area (Å²) in [6.07, 6.45) is 0. The third-order valence-corrected chi connectivity index (χ3v) is 4.39. The Kier molecular flexibility index (Phi) is 5.00. The highest BCUT2D eigenvalue weighted by atomic mass is 15.1. The average molecular weight is 315 g/mol. The van der Waals surface area contributed by atoms with Crippen LogP contribution < -0.4 is 4.90 Å². The minimum atomic E-state index is 0.914. The molecule has 0 fully saturated rings. The summed E-state index contributed by atoms with van der Waals surface area (Å²) in [5, 5.41) is 0. The molecule has 0 aliphatic heterocycles. The zero-order chi connectivity index (χ0) is 16.9. The second-order valence-electron chi connectivity index (χ2n) is 6.66. The summed E-state index contributed by atoms with van der Waals surface area (Å²) in [6, 6.07) is 26.5. The van der Waals surface area contributed by atoms with Crippen molar-refractivity contribution < 1.29 is 0 Å². The van der Waals surface area contributed by atoms with Crippen molar-refractivity contribution in [2.24, 2.45) is 0 Å². The van der Waals surface area contributed by atoms with Crippen LogP contribution in [0.25, 0.3) is 0 Å². The molecule has 3 aromatic carbocycles. The van der Waals surface area contributed by atoms with Crippen LogP contribution in [0.1, 0.15) is 27.8 Å². The lowest BCUT2D eigenvalue weighted by atomic mass is 10.1. The molecule has 0 N–H and O–H groups in total. The lowest BCUT2D eigenvalue weighted by molar-refractivity contribution is 0.799. The molecule has 3 rings (SSSR count). The van der Waals surface area contributed by atoms with Crippen LogP contribution in [-0.4, -0.2) is 0 Å². The lowest BCUT2D eigenvalue weighted by Gasteiger charge is -2.25. The molecule has 0 aliphatic rings. The molecule has 122 valence electrons. The number of nitrogens with zero attached hydrogens (tertiary/aromatic N) is 1. The molecule has 1 heteroatoms. The van der Waals surface area contributed by atoms with Gasteiger partial charge in [0.2, 0.25) is 0 Å². The number of rotatable bonds is 5. The molecular weight excluding hydrogens is 290 g/mol. The molecule has 0 heterocycles. The van der Waals surface area contributed by atoms with Crippen LogP contribution >= 0.6 is 0 Å². The zero-order valence-electron chi connectivity index (χ0n) is 14.8. The predicted octanol–water partition coefficient (Wildman–Crippen LogP) is 5.82. The van der Waals surface area contributed by atoms with Crippen LogP contribution in [0.15, 0.2) is 72.8 Å². The summed E-state index contributed by atoms with van der Waals surface area (Å²) in [7, 11) is 0. The van der Waals surface area contributed by atoms with Gasteiger partial charge in [-0.3, -0.25) is 0 Å². The summed E-state index contributed by atoms with van der Waals surface area (Å²) in [5.74, 6) is 0. The Morgan fingerprint density at radius 1 is 0.500 bits per heavy atom. The zero-order valence-corrected chi connectivity index (χ0v) is 14.8. The molecule has 3 aromatic rings. The highest BCUT2D eigenvalue weighted by Crippen LogP contribution is 2.21. The number of benzene rings is 3. The van der Waals surface area contributed by atoms with Crippen LogP contribution in [0.2, 0.25) is 0 Å². The fraction of sp³-hybridized carbons (Fsp3) is 0.217. The largest absolute Gasteiger partial charge is 0.363 e. The second kappa shape index (κ2) is 7.35. The first-order valence-corrected chi connectivity index (χ1v) is 8.53. The fourth-order valence-corrected chi connectivity index (χ4v) is 2.82. The highest BCUT2D eigenvalue weighted by molar-refractivity contribution is 5.49. The van der Waals surface area contributed by atoms with E-state index in [0.717, 1.165) is 13.1 Å². The van der Waals surface area contributed by atoms with Crippen molar-refractivity contribution in [1.82, 2.24) is 0 Å². The van der Waals surface area contributed by atoms with Gasteiger partial charge in [0.1, 0.15) is 0 Å². The first kappa shape index (κ1) is 16.3. The molecular formula is C23H25N. The fourth-order valence-electron chi connectivity index (χ4n) is 2.82. The summed E-state index contributed by atoms with van der Waals surface area (Å²) in [6.45, 7) is 8.23. The molecule has 0 aromatic heterocycles. The average Bonchev–Trinajstić information content (AvgIpc) is 2.59. The predicted molar refractivity (Wildman–Crippen MR) is 103 cm³/mol. The standard InChI is InChI=1S/C23H25N/c1-18-4-10-21(11-5-18)16-24(23-14-8-20(3)9-15-23)17-22-12-6-19(2)7-13-22/h4-15H,16-17H2,1-3H3. The first-order chi connectivity index (χ1) is 11.6. The quantitative estimate of drug-likeness (QED) is 0.573. The van der Waals surface area contributed by atoms with Gasteiger partial charge in [0.05, 0.1) is 0 Å². The number of hydrogen-bond donors (Lipinski definition) is 0. The van der Waals surface area contributed by atoms with E-state index >= 15 is 0 Å². The molecule has 0 radical (unpaired) electrons. The van der Waals surface area contributed by atoms with E-state index in [2.05, 4.69) is 98.5 Å². The van der Waals surface area contributed by atoms with Crippen LogP contribution in [0.4, 0.5) is 5.69 Å². The van der Waals surface area contributed by atoms with Gasteiger partial charge in [-0.05, 0) is 44.0 Å². The van der Waals surface area contributed by atoms with E-state index in [1.165, 1.54) is 33.5 Å². The van der Waals surface area contributed by atoms with Crippen LogP contribution in [-0.2, 0) is 13.1 Å². The molecule has 1 nitrogen and oxygen atoms in total. The first-order valence-electron chi connectivity index (χ1n) is 8.53. The van der Waals surface area contributed by atoms with E-state index in [1.54, 1.807) is 0 Å². The molecule has 0 aliphatic carbocycles. The van der Waals surface area contributed by atoms with Gasteiger partial charge in [0, 0.05) is 18.8 Å². The maximum atomic E-state index is 2.44. The minimum Gasteiger partial charge on any atom is -0.363 e. The molecule has 0 unspecified atom stereocenters. The van der Waals surface area contributed by atoms with Gasteiger partial charge in [0.25, 0.3) is 0 Å². The van der Waals surface area contributed by atoms with Crippen molar-refractivity contribution in [2.75, 3.05) is 4.90 Å². The lowest BCUT2D eigenvalue weighted by Crippen LogP contribution is -2.22. The van der Waals surface area contributed by atoms with Crippen molar-refractivity contribution >= 4 is 5.69 Å². The molecule has 0 spiro atoms. The van der Waals surface area contributed by atoms with Crippen molar-refractivity contribution in [2.45, 2.75) is 33.9 Å². The second-order valence-corrected chi connectivity index (χ2v) is 6.66. The summed E-state index contributed by atoms with van der Waals surface area (Å²) in [5.41, 5.74) is 7.85. The van der Waals surface area contributed by atoms with E-state index in [1.807, 2.05) is 0 Å². The van der Waals surface area contributed by atoms with Gasteiger partial charge in [-0.1, -0.05) is 77.4 Å². The van der Waals surface area contributed by atoms with Crippen molar-refractivity contribution in [3.63, 3.8) is 0 Å². The van der Waals surface area contributed by atoms with Crippen molar-refractivity contribution in [3.8, 4) is 0 Å². The highest BCUT2D eigenvalue weighted by Gasteiger charge is 2.09. The molecule has 0 saturated carbocycles. The topological polar surface area (TPSA) is 3.24 Å². The van der Waals surface area contributed by atoms with E-state index in [9.17, 15) is 0 Å². The summed E-state index contributed by atoms with van der Waals surface area (Å²) >= 11 is 0. The maximum absolute atomic E-state index is 2.44. The number of hydrogen-bond acceptors (Lipinski definition) is 1. The third kappa shape index (κ3) is 4.26. The molecule has 0 amide bonds. The number of anilines is 1. The van der Waals surface area contributed by atoms with Crippen LogP contribution in [0.5, 0.6) is 0 Å². The van der Waals surface area contributed by atoms with Crippen molar-refractivity contribution in [1.29, 1.82) is 0 Å². The Bertz CT molecular complexity index is 720. The van der Waals surface area contributed by atoms with Gasteiger partial charge < -0.3 is 4.90 Å². The normalized spacial score (nSPS) is 10.6. The van der Waals surface area contributed by atoms with Gasteiger partial charge in [-0.2, -0.15) is 0 Å². The van der Waals surface area contributed by atoms with E-state index in [-0.39, 0.29) is 0 Å². The van der Waals surface area contributed by atoms with E-state index < -0.39 is 0 Å². The summed E-state index contributed by atoms with van der Waals surface area (Å²) < 4.78 is 0. The molecule has 0 bridgehead atoms. The SMILES string of the molecule is Cc1ccc(CN(Cc2ccc(C)cc2)c2ccc(C)cc2)cc1. The summed E-state index contributed by atoms with van der Waals surface area (Å²) in [4.78, 5) is 2.44. The van der Waals surface area contributed by atoms with Gasteiger partial charge >= 0.3 is 0 Å². The Hall–Kier alpha value is -2.54. The molecule has 0 atom stereocenters. The third-order valence-electron chi connectivity index (χ3n) is 4.39. The maximum Gasteiger partial charge on any atom is 0.0433 e. The van der Waals surface area contributed by atoms with Crippen LogP contribution in [0.3, 0.4) is 0 Å². The van der Waals surface area contributed by atoms with Gasteiger partial charge in [-0.15, -0.1) is 0 Å². The Morgan fingerprint density at radius 3 is 1.21 bits per heavy atom. The van der Waals surface area contributed by atoms with Crippen molar-refractivity contribution in [3.05, 3.63) is 101 Å². The van der Waals surface area contributed by atoms with Gasteiger partial charge in [0.15, 0.2) is 0 Å². The molecule has 24 heavy (non-hydrogen) atoms. The Balaban J connectivity index is 1.86. The van der Waals surface area contributed by atoms with E-state index in [0.29, 0.717) is 0 Å². The monoisotopic (exact) mass is 315 g/mol. The van der Waals surface area contributed by atoms with Crippen LogP contribution in [0, 0.1) is 20.8 Å². The smallest absolute Gasteiger partial charge is 0.0433 e. The number of aryl methyl sites for hydroxylation is 3. The Labute approximate surface area is 145 Å². The minimum absolute atomic E-state index is 0.914. The Morgan fingerprint density at radius 2 is 0.833 bits per heavy atom. The van der Waals surface area contributed by atoms with Gasteiger partial charge in [-0.25, -0.2) is 0 Å². The molecule has 0 saturated heterocycles. The van der Waals surface area contributed by atoms with E-state index in [4.69, 9.17) is 0 Å².